The zero-order chi connectivity index (χ0) is 12.4. The van der Waals surface area contributed by atoms with Crippen LogP contribution < -0.4 is 5.32 Å². The molecule has 17 heavy (non-hydrogen) atoms. The second kappa shape index (κ2) is 5.38. The van der Waals surface area contributed by atoms with Gasteiger partial charge >= 0.3 is 0 Å². The zero-order valence-corrected chi connectivity index (χ0v) is 11.4. The lowest BCUT2D eigenvalue weighted by molar-refractivity contribution is -0.130. The number of hydrogen-bond acceptors (Lipinski definition) is 2. The van der Waals surface area contributed by atoms with Gasteiger partial charge in [0.1, 0.15) is 0 Å². The molecule has 3 unspecified atom stereocenters. The average Bonchev–Trinajstić information content (AvgIpc) is 3.10. The molecule has 0 bridgehead atoms. The lowest BCUT2D eigenvalue weighted by Crippen LogP contribution is -2.38. The Labute approximate surface area is 105 Å². The maximum Gasteiger partial charge on any atom is 0.241 e. The van der Waals surface area contributed by atoms with Crippen molar-refractivity contribution in [2.75, 3.05) is 6.54 Å². The maximum absolute atomic E-state index is 12.3. The van der Waals surface area contributed by atoms with Gasteiger partial charge in [0.2, 0.25) is 5.91 Å². The third-order valence-corrected chi connectivity index (χ3v) is 4.25. The van der Waals surface area contributed by atoms with Gasteiger partial charge in [-0.2, -0.15) is 0 Å². The first-order valence-corrected chi connectivity index (χ1v) is 7.20. The number of amides is 1. The predicted octanol–water partition coefficient (Wildman–Crippen LogP) is 2.37. The van der Waals surface area contributed by atoms with Gasteiger partial charge in [-0.25, -0.2) is 0 Å². The molecule has 0 aromatic carbocycles. The minimum Gasteiger partial charge on any atom is -0.326 e. The Morgan fingerprint density at radius 3 is 2.76 bits per heavy atom. The molecule has 1 saturated heterocycles. The summed E-state index contributed by atoms with van der Waals surface area (Å²) in [6.07, 6.45) is 6.26. The van der Waals surface area contributed by atoms with Gasteiger partial charge < -0.3 is 4.90 Å². The summed E-state index contributed by atoms with van der Waals surface area (Å²) in [6, 6.07) is 0.0800. The Hall–Kier alpha value is -0.570. The summed E-state index contributed by atoms with van der Waals surface area (Å²) in [5, 5.41) is 3.43. The first-order chi connectivity index (χ1) is 8.13. The highest BCUT2D eigenvalue weighted by atomic mass is 16.2. The molecule has 2 aliphatic rings. The Morgan fingerprint density at radius 1 is 1.47 bits per heavy atom. The van der Waals surface area contributed by atoms with E-state index in [2.05, 4.69) is 31.0 Å². The molecule has 1 amide bonds. The minimum atomic E-state index is 0.0800. The predicted molar refractivity (Wildman–Crippen MR) is 69.5 cm³/mol. The molecular weight excluding hydrogens is 212 g/mol. The summed E-state index contributed by atoms with van der Waals surface area (Å²) < 4.78 is 0. The summed E-state index contributed by atoms with van der Waals surface area (Å²) in [7, 11) is 0. The topological polar surface area (TPSA) is 32.3 Å². The lowest BCUT2D eigenvalue weighted by Gasteiger charge is -2.24. The molecule has 98 valence electrons. The van der Waals surface area contributed by atoms with Crippen LogP contribution >= 0.6 is 0 Å². The molecule has 0 aromatic rings. The molecule has 0 radical (unpaired) electrons. The Balaban J connectivity index is 1.86. The number of carbonyl (C=O) groups excluding carboxylic acids is 1. The van der Waals surface area contributed by atoms with Crippen molar-refractivity contribution in [2.45, 2.75) is 65.1 Å². The summed E-state index contributed by atoms with van der Waals surface area (Å²) in [4.78, 5) is 14.3. The first kappa shape index (κ1) is 12.9. The van der Waals surface area contributed by atoms with Crippen molar-refractivity contribution >= 4 is 5.91 Å². The molecule has 1 saturated carbocycles. The third-order valence-electron chi connectivity index (χ3n) is 4.25. The van der Waals surface area contributed by atoms with Gasteiger partial charge in [-0.15, -0.1) is 0 Å². The fourth-order valence-corrected chi connectivity index (χ4v) is 2.83. The fourth-order valence-electron chi connectivity index (χ4n) is 2.83. The molecule has 1 heterocycles. The zero-order valence-electron chi connectivity index (χ0n) is 11.4. The molecule has 2 fully saturated rings. The largest absolute Gasteiger partial charge is 0.326 e. The summed E-state index contributed by atoms with van der Waals surface area (Å²) in [5.41, 5.74) is 0. The Morgan fingerprint density at radius 2 is 2.18 bits per heavy atom. The summed E-state index contributed by atoms with van der Waals surface area (Å²) in [6.45, 7) is 7.52. The fraction of sp³-hybridized carbons (Fsp3) is 0.929. The van der Waals surface area contributed by atoms with Crippen LogP contribution in [-0.4, -0.2) is 29.6 Å². The lowest BCUT2D eigenvalue weighted by atomic mass is 10.1. The van der Waals surface area contributed by atoms with E-state index in [9.17, 15) is 4.79 Å². The second-order valence-electron chi connectivity index (χ2n) is 5.84. The van der Waals surface area contributed by atoms with Crippen molar-refractivity contribution in [2.24, 2.45) is 11.8 Å². The van der Waals surface area contributed by atoms with Crippen molar-refractivity contribution in [1.29, 1.82) is 0 Å². The van der Waals surface area contributed by atoms with Crippen LogP contribution in [0.1, 0.15) is 52.9 Å². The van der Waals surface area contributed by atoms with E-state index in [1.54, 1.807) is 0 Å². The normalized spacial score (nSPS) is 31.0. The van der Waals surface area contributed by atoms with Gasteiger partial charge in [-0.1, -0.05) is 26.7 Å². The quantitative estimate of drug-likeness (QED) is 0.770. The van der Waals surface area contributed by atoms with Gasteiger partial charge in [-0.3, -0.25) is 10.1 Å². The molecule has 3 heteroatoms. The van der Waals surface area contributed by atoms with E-state index in [-0.39, 0.29) is 12.2 Å². The molecule has 3 atom stereocenters. The van der Waals surface area contributed by atoms with Gasteiger partial charge in [0, 0.05) is 6.54 Å². The van der Waals surface area contributed by atoms with Crippen LogP contribution in [0.15, 0.2) is 0 Å². The van der Waals surface area contributed by atoms with Crippen LogP contribution in [0, 0.1) is 11.8 Å². The van der Waals surface area contributed by atoms with Crippen molar-refractivity contribution in [1.82, 2.24) is 10.2 Å². The standard InChI is InChI=1S/C14H26N2O/c1-4-5-6-13-14(17)16(11(3)15-13)9-10(2)12-7-8-12/h10-13,15H,4-9H2,1-3H3. The van der Waals surface area contributed by atoms with Crippen LogP contribution in [0.4, 0.5) is 0 Å². The monoisotopic (exact) mass is 238 g/mol. The smallest absolute Gasteiger partial charge is 0.241 e. The van der Waals surface area contributed by atoms with E-state index < -0.39 is 0 Å². The van der Waals surface area contributed by atoms with Crippen LogP contribution in [0.3, 0.4) is 0 Å². The number of carbonyl (C=O) groups is 1. The van der Waals surface area contributed by atoms with E-state index in [0.717, 1.165) is 31.7 Å². The van der Waals surface area contributed by atoms with Crippen molar-refractivity contribution in [3.63, 3.8) is 0 Å². The van der Waals surface area contributed by atoms with E-state index in [4.69, 9.17) is 0 Å². The maximum atomic E-state index is 12.3. The van der Waals surface area contributed by atoms with Gasteiger partial charge in [-0.05, 0) is 38.0 Å². The number of unbranched alkanes of at least 4 members (excludes halogenated alkanes) is 1. The van der Waals surface area contributed by atoms with E-state index in [1.165, 1.54) is 12.8 Å². The van der Waals surface area contributed by atoms with Crippen LogP contribution in [0.25, 0.3) is 0 Å². The Bertz CT molecular complexity index is 275. The number of nitrogens with one attached hydrogen (secondary N) is 1. The molecule has 3 nitrogen and oxygen atoms in total. The highest BCUT2D eigenvalue weighted by Crippen LogP contribution is 2.37. The highest BCUT2D eigenvalue weighted by Gasteiger charge is 2.38. The summed E-state index contributed by atoms with van der Waals surface area (Å²) in [5.74, 6) is 1.89. The molecular formula is C14H26N2O. The SMILES string of the molecule is CCCCC1NC(C)N(CC(C)C2CC2)C1=O. The first-order valence-electron chi connectivity index (χ1n) is 7.20. The molecule has 1 aliphatic carbocycles. The van der Waals surface area contributed by atoms with Crippen molar-refractivity contribution in [3.8, 4) is 0 Å². The molecule has 1 N–H and O–H groups in total. The van der Waals surface area contributed by atoms with Crippen molar-refractivity contribution in [3.05, 3.63) is 0 Å². The average molecular weight is 238 g/mol. The van der Waals surface area contributed by atoms with Gasteiger partial charge in [0.25, 0.3) is 0 Å². The molecule has 1 aliphatic heterocycles. The van der Waals surface area contributed by atoms with Gasteiger partial charge in [0.05, 0.1) is 12.2 Å². The van der Waals surface area contributed by atoms with Crippen LogP contribution in [0.5, 0.6) is 0 Å². The van der Waals surface area contributed by atoms with Crippen LogP contribution in [-0.2, 0) is 4.79 Å². The number of rotatable bonds is 6. The third kappa shape index (κ3) is 3.01. The minimum absolute atomic E-state index is 0.0800. The van der Waals surface area contributed by atoms with E-state index in [0.29, 0.717) is 11.8 Å². The second-order valence-corrected chi connectivity index (χ2v) is 5.84. The number of nitrogens with zero attached hydrogens (tertiary/aromatic N) is 1. The van der Waals surface area contributed by atoms with Crippen molar-refractivity contribution < 1.29 is 4.79 Å². The van der Waals surface area contributed by atoms with E-state index >= 15 is 0 Å². The number of hydrogen-bond donors (Lipinski definition) is 1. The Kier molecular flexibility index (Phi) is 4.08. The molecule has 2 rings (SSSR count). The summed E-state index contributed by atoms with van der Waals surface area (Å²) >= 11 is 0. The highest BCUT2D eigenvalue weighted by molar-refractivity contribution is 5.84. The van der Waals surface area contributed by atoms with Gasteiger partial charge in [0.15, 0.2) is 0 Å². The molecule has 0 spiro atoms. The van der Waals surface area contributed by atoms with Crippen LogP contribution in [0.2, 0.25) is 0 Å². The van der Waals surface area contributed by atoms with E-state index in [1.807, 2.05) is 0 Å². The molecule has 0 aromatic heterocycles.